The Morgan fingerprint density at radius 1 is 1.50 bits per heavy atom. The van der Waals surface area contributed by atoms with Crippen LogP contribution in [0.1, 0.15) is 11.9 Å². The summed E-state index contributed by atoms with van der Waals surface area (Å²) in [6.45, 7) is 0.0856. The van der Waals surface area contributed by atoms with E-state index < -0.39 is 18.4 Å². The van der Waals surface area contributed by atoms with Crippen molar-refractivity contribution in [3.8, 4) is 0 Å². The van der Waals surface area contributed by atoms with Gasteiger partial charge in [0, 0.05) is 18.0 Å². The molecule has 1 aliphatic rings. The molecule has 1 aromatic heterocycles. The van der Waals surface area contributed by atoms with Crippen LogP contribution in [0.2, 0.25) is 0 Å². The highest BCUT2D eigenvalue weighted by molar-refractivity contribution is 5.72. The predicted molar refractivity (Wildman–Crippen MR) is 45.4 cm³/mol. The second-order valence-electron chi connectivity index (χ2n) is 2.91. The summed E-state index contributed by atoms with van der Waals surface area (Å²) in [7, 11) is 0. The predicted octanol–water partition coefficient (Wildman–Crippen LogP) is 0.580. The molecule has 1 aliphatic heterocycles. The van der Waals surface area contributed by atoms with Crippen molar-refractivity contribution in [1.29, 1.82) is 0 Å². The number of hydrogen-bond donors (Lipinski definition) is 1. The Hall–Kier alpha value is -1.46. The lowest BCUT2D eigenvalue weighted by molar-refractivity contribution is -0.150. The summed E-state index contributed by atoms with van der Waals surface area (Å²) in [6.07, 6.45) is 1.76. The lowest BCUT2D eigenvalue weighted by Crippen LogP contribution is -2.21. The molecule has 1 fully saturated rings. The number of hydrogen-bond acceptors (Lipinski definition) is 4. The quantitative estimate of drug-likeness (QED) is 0.747. The van der Waals surface area contributed by atoms with Gasteiger partial charge in [-0.3, -0.25) is 4.98 Å². The molecule has 14 heavy (non-hydrogen) atoms. The van der Waals surface area contributed by atoms with Crippen molar-refractivity contribution in [2.45, 2.75) is 12.4 Å². The molecule has 0 amide bonds. The highest BCUT2D eigenvalue weighted by Crippen LogP contribution is 2.26. The highest BCUT2D eigenvalue weighted by atomic mass is 16.7. The fourth-order valence-electron chi connectivity index (χ4n) is 1.23. The van der Waals surface area contributed by atoms with Crippen molar-refractivity contribution < 1.29 is 19.4 Å². The summed E-state index contributed by atoms with van der Waals surface area (Å²) in [4.78, 5) is 14.4. The highest BCUT2D eigenvalue weighted by Gasteiger charge is 2.32. The normalized spacial score (nSPS) is 26.3. The van der Waals surface area contributed by atoms with Gasteiger partial charge in [-0.15, -0.1) is 0 Å². The van der Waals surface area contributed by atoms with E-state index in [2.05, 4.69) is 4.98 Å². The fourth-order valence-corrected chi connectivity index (χ4v) is 1.23. The van der Waals surface area contributed by atoms with Crippen molar-refractivity contribution in [2.24, 2.45) is 0 Å². The number of ether oxygens (including phenoxy) is 2. The first-order valence-corrected chi connectivity index (χ1v) is 4.17. The van der Waals surface area contributed by atoms with Crippen molar-refractivity contribution in [3.63, 3.8) is 0 Å². The maximum absolute atomic E-state index is 10.6. The Labute approximate surface area is 80.3 Å². The van der Waals surface area contributed by atoms with Gasteiger partial charge in [0.15, 0.2) is 12.4 Å². The molecular formula is C9H9NO4. The van der Waals surface area contributed by atoms with E-state index in [1.807, 2.05) is 0 Å². The van der Waals surface area contributed by atoms with E-state index in [1.165, 1.54) is 0 Å². The van der Waals surface area contributed by atoms with E-state index in [0.29, 0.717) is 0 Å². The van der Waals surface area contributed by atoms with Crippen LogP contribution in [0.3, 0.4) is 0 Å². The second-order valence-corrected chi connectivity index (χ2v) is 2.91. The van der Waals surface area contributed by atoms with E-state index in [9.17, 15) is 4.79 Å². The van der Waals surface area contributed by atoms with Crippen molar-refractivity contribution in [2.75, 3.05) is 6.61 Å². The molecule has 0 saturated carbocycles. The Balaban J connectivity index is 2.06. The van der Waals surface area contributed by atoms with Gasteiger partial charge >= 0.3 is 5.97 Å². The summed E-state index contributed by atoms with van der Waals surface area (Å²) < 4.78 is 10.3. The molecule has 1 aromatic rings. The lowest BCUT2D eigenvalue weighted by atomic mass is 10.3. The number of carboxylic acids is 1. The number of rotatable bonds is 2. The summed E-state index contributed by atoms with van der Waals surface area (Å²) >= 11 is 0. The molecule has 1 saturated heterocycles. The van der Waals surface area contributed by atoms with Crippen LogP contribution in [-0.4, -0.2) is 28.8 Å². The van der Waals surface area contributed by atoms with Gasteiger partial charge in [-0.25, -0.2) is 4.79 Å². The zero-order valence-electron chi connectivity index (χ0n) is 7.29. The second kappa shape index (κ2) is 3.73. The van der Waals surface area contributed by atoms with Crippen LogP contribution in [0.4, 0.5) is 0 Å². The molecule has 1 N–H and O–H groups in total. The standard InChI is InChI=1S/C9H9NO4/c11-8(12)7-5-13-9(14-7)6-1-3-10-4-2-6/h1-4,7,9H,5H2,(H,11,12). The number of carboxylic acid groups (broad SMARTS) is 1. The van der Waals surface area contributed by atoms with Gasteiger partial charge in [-0.2, -0.15) is 0 Å². The Morgan fingerprint density at radius 2 is 2.21 bits per heavy atom. The van der Waals surface area contributed by atoms with E-state index in [-0.39, 0.29) is 6.61 Å². The Bertz CT molecular complexity index is 327. The van der Waals surface area contributed by atoms with Crippen LogP contribution in [0.5, 0.6) is 0 Å². The van der Waals surface area contributed by atoms with Crippen molar-refractivity contribution >= 4 is 5.97 Å². The fraction of sp³-hybridized carbons (Fsp3) is 0.333. The average molecular weight is 195 g/mol. The number of aromatic nitrogens is 1. The van der Waals surface area contributed by atoms with E-state index in [1.54, 1.807) is 24.5 Å². The third kappa shape index (κ3) is 1.73. The molecule has 2 rings (SSSR count). The first-order chi connectivity index (χ1) is 6.77. The van der Waals surface area contributed by atoms with Crippen molar-refractivity contribution in [3.05, 3.63) is 30.1 Å². The zero-order chi connectivity index (χ0) is 9.97. The van der Waals surface area contributed by atoms with Crippen LogP contribution in [0.25, 0.3) is 0 Å². The number of pyridine rings is 1. The number of aliphatic carboxylic acids is 1. The minimum absolute atomic E-state index is 0.0856. The van der Waals surface area contributed by atoms with Gasteiger partial charge in [-0.1, -0.05) is 0 Å². The minimum Gasteiger partial charge on any atom is -0.479 e. The zero-order valence-corrected chi connectivity index (χ0v) is 7.29. The summed E-state index contributed by atoms with van der Waals surface area (Å²) in [5.41, 5.74) is 0.781. The third-order valence-electron chi connectivity index (χ3n) is 1.94. The smallest absolute Gasteiger partial charge is 0.335 e. The molecule has 2 unspecified atom stereocenters. The summed E-state index contributed by atoms with van der Waals surface area (Å²) in [5.74, 6) is -0.999. The molecule has 5 nitrogen and oxygen atoms in total. The van der Waals surface area contributed by atoms with Crippen LogP contribution < -0.4 is 0 Å². The number of carbonyl (C=O) groups is 1. The Kier molecular flexibility index (Phi) is 2.43. The molecule has 0 radical (unpaired) electrons. The molecule has 74 valence electrons. The molecule has 2 atom stereocenters. The van der Waals surface area contributed by atoms with Crippen LogP contribution in [0.15, 0.2) is 24.5 Å². The van der Waals surface area contributed by atoms with E-state index in [4.69, 9.17) is 14.6 Å². The average Bonchev–Trinajstić information content (AvgIpc) is 2.68. The Morgan fingerprint density at radius 3 is 2.79 bits per heavy atom. The SMILES string of the molecule is O=C(O)C1COC(c2ccncc2)O1. The van der Waals surface area contributed by atoms with Crippen LogP contribution >= 0.6 is 0 Å². The number of nitrogens with zero attached hydrogens (tertiary/aromatic N) is 1. The van der Waals surface area contributed by atoms with Gasteiger partial charge in [0.05, 0.1) is 6.61 Å². The monoisotopic (exact) mass is 195 g/mol. The van der Waals surface area contributed by atoms with Gasteiger partial charge in [0.1, 0.15) is 0 Å². The third-order valence-corrected chi connectivity index (χ3v) is 1.94. The first kappa shape index (κ1) is 9.11. The maximum atomic E-state index is 10.6. The molecule has 5 heteroatoms. The van der Waals surface area contributed by atoms with Crippen molar-refractivity contribution in [1.82, 2.24) is 4.98 Å². The lowest BCUT2D eigenvalue weighted by Gasteiger charge is -2.08. The van der Waals surface area contributed by atoms with E-state index in [0.717, 1.165) is 5.56 Å². The molecule has 0 spiro atoms. The van der Waals surface area contributed by atoms with Gasteiger partial charge in [0.25, 0.3) is 0 Å². The summed E-state index contributed by atoms with van der Waals surface area (Å²) in [6, 6.07) is 3.46. The largest absolute Gasteiger partial charge is 0.479 e. The van der Waals surface area contributed by atoms with Crippen LogP contribution in [0, 0.1) is 0 Å². The van der Waals surface area contributed by atoms with Gasteiger partial charge in [0.2, 0.25) is 0 Å². The van der Waals surface area contributed by atoms with Gasteiger partial charge < -0.3 is 14.6 Å². The summed E-state index contributed by atoms with van der Waals surface area (Å²) in [5, 5.41) is 8.66. The molecule has 0 aromatic carbocycles. The molecule has 2 heterocycles. The molecule has 0 aliphatic carbocycles. The first-order valence-electron chi connectivity index (χ1n) is 4.17. The topological polar surface area (TPSA) is 68.7 Å². The molecular weight excluding hydrogens is 186 g/mol. The van der Waals surface area contributed by atoms with Gasteiger partial charge in [-0.05, 0) is 12.1 Å². The van der Waals surface area contributed by atoms with E-state index >= 15 is 0 Å². The minimum atomic E-state index is -0.999. The van der Waals surface area contributed by atoms with Crippen LogP contribution in [-0.2, 0) is 14.3 Å². The maximum Gasteiger partial charge on any atom is 0.335 e. The molecule has 0 bridgehead atoms.